The van der Waals surface area contributed by atoms with Crippen LogP contribution in [0.25, 0.3) is 0 Å². The molecule has 2 N–H and O–H groups in total. The maximum atomic E-state index is 13.0. The number of hydrogen-bond acceptors (Lipinski definition) is 6. The molecule has 0 bridgehead atoms. The minimum atomic E-state index is -0.525. The number of rotatable bonds is 5. The summed E-state index contributed by atoms with van der Waals surface area (Å²) in [5, 5.41) is 6.26. The molecule has 1 aliphatic rings. The lowest BCUT2D eigenvalue weighted by atomic mass is 10.1. The number of carbonyl (C=O) groups is 3. The van der Waals surface area contributed by atoms with Crippen LogP contribution in [-0.4, -0.2) is 27.7 Å². The maximum Gasteiger partial charge on any atom is 0.266 e. The first-order valence-corrected chi connectivity index (χ1v) is 11.0. The first-order chi connectivity index (χ1) is 16.9. The highest BCUT2D eigenvalue weighted by Gasteiger charge is 2.38. The van der Waals surface area contributed by atoms with Crippen molar-refractivity contribution in [1.82, 2.24) is 9.97 Å². The summed E-state index contributed by atoms with van der Waals surface area (Å²) in [7, 11) is 0. The first kappa shape index (κ1) is 22.2. The summed E-state index contributed by atoms with van der Waals surface area (Å²) in [4.78, 5) is 47.9. The van der Waals surface area contributed by atoms with Gasteiger partial charge in [0.05, 0.1) is 21.8 Å². The highest BCUT2D eigenvalue weighted by molar-refractivity contribution is 6.40. The number of fused-ring (bicyclic) bond motifs is 1. The molecule has 1 aromatic heterocycles. The minimum absolute atomic E-state index is 0.155. The van der Waals surface area contributed by atoms with Crippen LogP contribution in [0.1, 0.15) is 36.8 Å². The maximum absolute atomic E-state index is 13.0. The number of para-hydroxylation sites is 1. The molecule has 1 aliphatic heterocycles. The van der Waals surface area contributed by atoms with Gasteiger partial charge < -0.3 is 10.6 Å². The number of imide groups is 1. The van der Waals surface area contributed by atoms with Crippen molar-refractivity contribution in [3.8, 4) is 0 Å². The van der Waals surface area contributed by atoms with Crippen molar-refractivity contribution in [3.63, 3.8) is 0 Å². The van der Waals surface area contributed by atoms with Crippen molar-refractivity contribution in [2.75, 3.05) is 15.5 Å². The van der Waals surface area contributed by atoms with E-state index in [4.69, 9.17) is 11.6 Å². The first-order valence-electron chi connectivity index (χ1n) is 10.6. The zero-order chi connectivity index (χ0) is 24.5. The second kappa shape index (κ2) is 9.00. The second-order valence-corrected chi connectivity index (χ2v) is 8.27. The number of anilines is 4. The molecule has 172 valence electrons. The van der Waals surface area contributed by atoms with E-state index in [1.165, 1.54) is 24.5 Å². The molecule has 0 saturated carbocycles. The van der Waals surface area contributed by atoms with Gasteiger partial charge in [-0.3, -0.25) is 14.4 Å². The Hall–Kier alpha value is -4.56. The Bertz CT molecular complexity index is 1490. The Labute approximate surface area is 205 Å². The molecule has 0 saturated heterocycles. The topological polar surface area (TPSA) is 104 Å². The lowest BCUT2D eigenvalue weighted by Gasteiger charge is -2.15. The van der Waals surface area contributed by atoms with E-state index in [-0.39, 0.29) is 21.7 Å². The van der Waals surface area contributed by atoms with E-state index >= 15 is 0 Å². The van der Waals surface area contributed by atoms with Crippen LogP contribution in [0.3, 0.4) is 0 Å². The van der Waals surface area contributed by atoms with Crippen LogP contribution in [0, 0.1) is 6.92 Å². The summed E-state index contributed by atoms with van der Waals surface area (Å²) in [5.74, 6) is -0.746. The van der Waals surface area contributed by atoms with Gasteiger partial charge >= 0.3 is 0 Å². The van der Waals surface area contributed by atoms with Crippen LogP contribution >= 0.6 is 11.6 Å². The van der Waals surface area contributed by atoms with Crippen molar-refractivity contribution in [1.29, 1.82) is 0 Å². The van der Waals surface area contributed by atoms with Crippen molar-refractivity contribution < 1.29 is 14.4 Å². The molecule has 3 aromatic carbocycles. The predicted molar refractivity (Wildman–Crippen MR) is 133 cm³/mol. The third kappa shape index (κ3) is 4.34. The molecule has 0 spiro atoms. The molecule has 0 atom stereocenters. The fourth-order valence-electron chi connectivity index (χ4n) is 3.74. The molecular weight excluding hydrogens is 466 g/mol. The molecule has 4 aromatic rings. The van der Waals surface area contributed by atoms with E-state index in [1.54, 1.807) is 48.5 Å². The number of halogens is 1. The molecule has 0 radical (unpaired) electrons. The van der Waals surface area contributed by atoms with Gasteiger partial charge in [-0.15, -0.1) is 0 Å². The van der Waals surface area contributed by atoms with Crippen LogP contribution in [0.4, 0.5) is 22.9 Å². The second-order valence-electron chi connectivity index (χ2n) is 7.86. The summed E-state index contributed by atoms with van der Waals surface area (Å²) in [6, 6.07) is 20.0. The predicted octanol–water partition coefficient (Wildman–Crippen LogP) is 5.23. The number of nitrogens with one attached hydrogen (secondary N) is 2. The molecule has 0 aliphatic carbocycles. The summed E-state index contributed by atoms with van der Waals surface area (Å²) in [5.41, 5.74) is 3.14. The highest BCUT2D eigenvalue weighted by Crippen LogP contribution is 2.33. The van der Waals surface area contributed by atoms with Crippen molar-refractivity contribution in [3.05, 3.63) is 107 Å². The van der Waals surface area contributed by atoms with Crippen molar-refractivity contribution in [2.45, 2.75) is 6.92 Å². The van der Waals surface area contributed by atoms with E-state index in [9.17, 15) is 14.4 Å². The molecule has 5 rings (SSSR count). The molecule has 2 heterocycles. The number of nitrogens with zero attached hydrogens (tertiary/aromatic N) is 3. The van der Waals surface area contributed by atoms with Crippen molar-refractivity contribution >= 4 is 52.2 Å². The zero-order valence-corrected chi connectivity index (χ0v) is 19.2. The molecular formula is C26H18ClN5O3. The average Bonchev–Trinajstić information content (AvgIpc) is 3.10. The number of hydrogen-bond donors (Lipinski definition) is 2. The summed E-state index contributed by atoms with van der Waals surface area (Å²) in [6.45, 7) is 1.88. The fourth-order valence-corrected chi connectivity index (χ4v) is 3.97. The SMILES string of the molecule is Cc1cc(Nc2ccc(NC(=O)c3ccc4c(c3)C(=O)N(c3ccccc3Cl)C4=O)cc2)ncn1. The number of aryl methyl sites for hydroxylation is 1. The third-order valence-corrected chi connectivity index (χ3v) is 5.78. The van der Waals surface area contributed by atoms with E-state index in [0.29, 0.717) is 17.2 Å². The summed E-state index contributed by atoms with van der Waals surface area (Å²) >= 11 is 6.19. The van der Waals surface area contributed by atoms with Crippen molar-refractivity contribution in [2.24, 2.45) is 0 Å². The monoisotopic (exact) mass is 483 g/mol. The molecule has 9 heteroatoms. The Morgan fingerprint density at radius 2 is 1.57 bits per heavy atom. The number of aromatic nitrogens is 2. The Morgan fingerprint density at radius 3 is 2.31 bits per heavy atom. The smallest absolute Gasteiger partial charge is 0.266 e. The van der Waals surface area contributed by atoms with Gasteiger partial charge in [-0.05, 0) is 61.5 Å². The van der Waals surface area contributed by atoms with Gasteiger partial charge in [-0.25, -0.2) is 14.9 Å². The van der Waals surface area contributed by atoms with Crippen LogP contribution in [-0.2, 0) is 0 Å². The van der Waals surface area contributed by atoms with Crippen LogP contribution in [0.2, 0.25) is 5.02 Å². The largest absolute Gasteiger partial charge is 0.340 e. The third-order valence-electron chi connectivity index (χ3n) is 5.46. The number of amides is 3. The Morgan fingerprint density at radius 1 is 0.857 bits per heavy atom. The molecule has 0 unspecified atom stereocenters. The van der Waals surface area contributed by atoms with E-state index in [1.807, 2.05) is 13.0 Å². The Balaban J connectivity index is 1.32. The van der Waals surface area contributed by atoms with Gasteiger partial charge in [0, 0.05) is 28.7 Å². The van der Waals surface area contributed by atoms with Gasteiger partial charge in [-0.2, -0.15) is 0 Å². The van der Waals surface area contributed by atoms with Gasteiger partial charge in [-0.1, -0.05) is 23.7 Å². The van der Waals surface area contributed by atoms with Gasteiger partial charge in [0.1, 0.15) is 12.1 Å². The number of benzene rings is 3. The van der Waals surface area contributed by atoms with Crippen LogP contribution < -0.4 is 15.5 Å². The molecule has 35 heavy (non-hydrogen) atoms. The minimum Gasteiger partial charge on any atom is -0.340 e. The normalized spacial score (nSPS) is 12.5. The summed E-state index contributed by atoms with van der Waals surface area (Å²) < 4.78 is 0. The standard InChI is InChI=1S/C26H18ClN5O3/c1-15-12-23(29-14-28-15)30-17-7-9-18(10-8-17)31-24(33)16-6-11-19-20(13-16)26(35)32(25(19)34)22-5-3-2-4-21(22)27/h2-14H,1H3,(H,31,33)(H,28,29,30). The van der Waals surface area contributed by atoms with Gasteiger partial charge in [0.2, 0.25) is 0 Å². The van der Waals surface area contributed by atoms with Crippen LogP contribution in [0.5, 0.6) is 0 Å². The number of carbonyl (C=O) groups excluding carboxylic acids is 3. The molecule has 3 amide bonds. The van der Waals surface area contributed by atoms with E-state index < -0.39 is 17.7 Å². The highest BCUT2D eigenvalue weighted by atomic mass is 35.5. The molecule has 8 nitrogen and oxygen atoms in total. The van der Waals surface area contributed by atoms with Gasteiger partial charge in [0.25, 0.3) is 17.7 Å². The zero-order valence-electron chi connectivity index (χ0n) is 18.4. The van der Waals surface area contributed by atoms with Crippen LogP contribution in [0.15, 0.2) is 79.1 Å². The quantitative estimate of drug-likeness (QED) is 0.376. The van der Waals surface area contributed by atoms with E-state index in [2.05, 4.69) is 20.6 Å². The molecule has 0 fully saturated rings. The lowest BCUT2D eigenvalue weighted by Crippen LogP contribution is -2.29. The average molecular weight is 484 g/mol. The summed E-state index contributed by atoms with van der Waals surface area (Å²) in [6.07, 6.45) is 1.48. The van der Waals surface area contributed by atoms with E-state index in [0.717, 1.165) is 16.3 Å². The lowest BCUT2D eigenvalue weighted by molar-refractivity contribution is 0.0925. The Kier molecular flexibility index (Phi) is 5.72. The van der Waals surface area contributed by atoms with Gasteiger partial charge in [0.15, 0.2) is 0 Å². The fraction of sp³-hybridized carbons (Fsp3) is 0.0385.